The van der Waals surface area contributed by atoms with E-state index < -0.39 is 0 Å². The molecule has 0 aromatic carbocycles. The molecule has 0 amide bonds. The summed E-state index contributed by atoms with van der Waals surface area (Å²) in [4.78, 5) is 11.9. The Labute approximate surface area is 109 Å². The van der Waals surface area contributed by atoms with Gasteiger partial charge in [0.05, 0.1) is 0 Å². The Morgan fingerprint density at radius 1 is 1.11 bits per heavy atom. The topological polar surface area (TPSA) is 41.1 Å². The van der Waals surface area contributed by atoms with Crippen molar-refractivity contribution >= 4 is 5.82 Å². The van der Waals surface area contributed by atoms with E-state index in [1.807, 2.05) is 0 Å². The van der Waals surface area contributed by atoms with Crippen LogP contribution in [0.15, 0.2) is 0 Å². The SMILES string of the molecule is Cc1nc(C2CC2)nc(N2CCCNCC2)c1C. The molecule has 0 spiro atoms. The van der Waals surface area contributed by atoms with Gasteiger partial charge in [-0.05, 0) is 39.7 Å². The van der Waals surface area contributed by atoms with E-state index in [2.05, 4.69) is 29.0 Å². The quantitative estimate of drug-likeness (QED) is 0.863. The molecule has 1 saturated carbocycles. The van der Waals surface area contributed by atoms with Gasteiger partial charge in [0.1, 0.15) is 11.6 Å². The highest BCUT2D eigenvalue weighted by Gasteiger charge is 2.28. The molecule has 1 aromatic rings. The Kier molecular flexibility index (Phi) is 3.20. The molecule has 1 saturated heterocycles. The smallest absolute Gasteiger partial charge is 0.135 e. The Hall–Kier alpha value is -1.16. The van der Waals surface area contributed by atoms with Gasteiger partial charge < -0.3 is 10.2 Å². The van der Waals surface area contributed by atoms with Crippen LogP contribution in [0.4, 0.5) is 5.82 Å². The van der Waals surface area contributed by atoms with E-state index in [0.29, 0.717) is 5.92 Å². The summed E-state index contributed by atoms with van der Waals surface area (Å²) in [7, 11) is 0. The lowest BCUT2D eigenvalue weighted by molar-refractivity contribution is 0.724. The van der Waals surface area contributed by atoms with E-state index in [4.69, 9.17) is 4.98 Å². The van der Waals surface area contributed by atoms with Crippen molar-refractivity contribution in [2.75, 3.05) is 31.1 Å². The van der Waals surface area contributed by atoms with E-state index in [-0.39, 0.29) is 0 Å². The van der Waals surface area contributed by atoms with Crippen molar-refractivity contribution in [2.24, 2.45) is 0 Å². The van der Waals surface area contributed by atoms with Gasteiger partial charge in [0.15, 0.2) is 0 Å². The van der Waals surface area contributed by atoms with E-state index in [1.54, 1.807) is 0 Å². The predicted molar refractivity (Wildman–Crippen MR) is 73.2 cm³/mol. The summed E-state index contributed by atoms with van der Waals surface area (Å²) in [6, 6.07) is 0. The Bertz CT molecular complexity index is 432. The number of nitrogens with zero attached hydrogens (tertiary/aromatic N) is 3. The average Bonchev–Trinajstić information content (AvgIpc) is 3.18. The summed E-state index contributed by atoms with van der Waals surface area (Å²) in [6.07, 6.45) is 3.73. The highest BCUT2D eigenvalue weighted by atomic mass is 15.2. The molecular weight excluding hydrogens is 224 g/mol. The molecule has 1 aromatic heterocycles. The second-order valence-corrected chi connectivity index (χ2v) is 5.48. The number of hydrogen-bond donors (Lipinski definition) is 1. The van der Waals surface area contributed by atoms with Gasteiger partial charge in [-0.25, -0.2) is 9.97 Å². The van der Waals surface area contributed by atoms with Crippen LogP contribution in [-0.4, -0.2) is 36.1 Å². The van der Waals surface area contributed by atoms with Crippen LogP contribution in [0.3, 0.4) is 0 Å². The fourth-order valence-electron chi connectivity index (χ4n) is 2.52. The van der Waals surface area contributed by atoms with Gasteiger partial charge in [0.25, 0.3) is 0 Å². The van der Waals surface area contributed by atoms with Gasteiger partial charge in [-0.3, -0.25) is 0 Å². The van der Waals surface area contributed by atoms with Gasteiger partial charge >= 0.3 is 0 Å². The van der Waals surface area contributed by atoms with Crippen molar-refractivity contribution < 1.29 is 0 Å². The van der Waals surface area contributed by atoms with Crippen LogP contribution in [0.1, 0.15) is 42.3 Å². The molecule has 2 heterocycles. The summed E-state index contributed by atoms with van der Waals surface area (Å²) in [5.41, 5.74) is 2.40. The lowest BCUT2D eigenvalue weighted by Crippen LogP contribution is -2.30. The van der Waals surface area contributed by atoms with E-state index in [1.165, 1.54) is 30.6 Å². The van der Waals surface area contributed by atoms with E-state index >= 15 is 0 Å². The molecule has 0 bridgehead atoms. The number of rotatable bonds is 2. The molecule has 98 valence electrons. The van der Waals surface area contributed by atoms with Crippen molar-refractivity contribution in [1.82, 2.24) is 15.3 Å². The van der Waals surface area contributed by atoms with Gasteiger partial charge in [0.2, 0.25) is 0 Å². The molecule has 4 heteroatoms. The zero-order valence-corrected chi connectivity index (χ0v) is 11.4. The number of nitrogens with one attached hydrogen (secondary N) is 1. The fourth-order valence-corrected chi connectivity index (χ4v) is 2.52. The summed E-state index contributed by atoms with van der Waals surface area (Å²) in [6.45, 7) is 8.61. The molecule has 0 unspecified atom stereocenters. The summed E-state index contributed by atoms with van der Waals surface area (Å²) >= 11 is 0. The van der Waals surface area contributed by atoms with Crippen LogP contribution in [0.5, 0.6) is 0 Å². The average molecular weight is 246 g/mol. The largest absolute Gasteiger partial charge is 0.355 e. The maximum atomic E-state index is 4.85. The molecular formula is C14H22N4. The second-order valence-electron chi connectivity index (χ2n) is 5.48. The van der Waals surface area contributed by atoms with Crippen molar-refractivity contribution in [3.8, 4) is 0 Å². The molecule has 1 aliphatic carbocycles. The van der Waals surface area contributed by atoms with Crippen LogP contribution in [0, 0.1) is 13.8 Å². The third-order valence-electron chi connectivity index (χ3n) is 3.96. The van der Waals surface area contributed by atoms with Crippen LogP contribution in [-0.2, 0) is 0 Å². The molecule has 2 aliphatic rings. The highest BCUT2D eigenvalue weighted by molar-refractivity contribution is 5.49. The van der Waals surface area contributed by atoms with Crippen LogP contribution < -0.4 is 10.2 Å². The Balaban J connectivity index is 1.92. The van der Waals surface area contributed by atoms with Crippen molar-refractivity contribution in [3.63, 3.8) is 0 Å². The summed E-state index contributed by atoms with van der Waals surface area (Å²) in [5, 5.41) is 3.45. The minimum absolute atomic E-state index is 0.633. The standard InChI is InChI=1S/C14H22N4/c1-10-11(2)16-13(12-4-5-12)17-14(10)18-8-3-6-15-7-9-18/h12,15H,3-9H2,1-2H3. The number of hydrogen-bond acceptors (Lipinski definition) is 4. The van der Waals surface area contributed by atoms with Crippen LogP contribution in [0.2, 0.25) is 0 Å². The number of aryl methyl sites for hydroxylation is 1. The van der Waals surface area contributed by atoms with Gasteiger partial charge in [-0.15, -0.1) is 0 Å². The van der Waals surface area contributed by atoms with E-state index in [9.17, 15) is 0 Å². The lowest BCUT2D eigenvalue weighted by atomic mass is 10.2. The molecule has 3 rings (SSSR count). The number of aromatic nitrogens is 2. The monoisotopic (exact) mass is 246 g/mol. The third kappa shape index (κ3) is 2.34. The first-order valence-corrected chi connectivity index (χ1v) is 7.06. The maximum Gasteiger partial charge on any atom is 0.135 e. The van der Waals surface area contributed by atoms with Crippen molar-refractivity contribution in [2.45, 2.75) is 39.0 Å². The zero-order valence-electron chi connectivity index (χ0n) is 11.4. The van der Waals surface area contributed by atoms with Gasteiger partial charge in [-0.2, -0.15) is 0 Å². The molecule has 4 nitrogen and oxygen atoms in total. The first kappa shape index (κ1) is 11.9. The first-order valence-electron chi connectivity index (χ1n) is 7.06. The molecule has 1 N–H and O–H groups in total. The molecule has 18 heavy (non-hydrogen) atoms. The van der Waals surface area contributed by atoms with Crippen LogP contribution >= 0.6 is 0 Å². The molecule has 0 radical (unpaired) electrons. The molecule has 2 fully saturated rings. The minimum Gasteiger partial charge on any atom is -0.355 e. The number of anilines is 1. The summed E-state index contributed by atoms with van der Waals surface area (Å²) in [5.74, 6) is 2.88. The molecule has 0 atom stereocenters. The minimum atomic E-state index is 0.633. The predicted octanol–water partition coefficient (Wildman–Crippen LogP) is 1.77. The Morgan fingerprint density at radius 2 is 1.94 bits per heavy atom. The van der Waals surface area contributed by atoms with Gasteiger partial charge in [-0.1, -0.05) is 0 Å². The zero-order chi connectivity index (χ0) is 12.5. The van der Waals surface area contributed by atoms with E-state index in [0.717, 1.165) is 37.7 Å². The second kappa shape index (κ2) is 4.84. The maximum absolute atomic E-state index is 4.85. The highest BCUT2D eigenvalue weighted by Crippen LogP contribution is 2.39. The Morgan fingerprint density at radius 3 is 2.72 bits per heavy atom. The molecule has 1 aliphatic heterocycles. The third-order valence-corrected chi connectivity index (χ3v) is 3.96. The normalized spacial score (nSPS) is 20.9. The van der Waals surface area contributed by atoms with Crippen molar-refractivity contribution in [3.05, 3.63) is 17.1 Å². The lowest BCUT2D eigenvalue weighted by Gasteiger charge is -2.24. The van der Waals surface area contributed by atoms with Crippen molar-refractivity contribution in [1.29, 1.82) is 0 Å². The fraction of sp³-hybridized carbons (Fsp3) is 0.714. The van der Waals surface area contributed by atoms with Crippen LogP contribution in [0.25, 0.3) is 0 Å². The first-order chi connectivity index (χ1) is 8.75. The van der Waals surface area contributed by atoms with Gasteiger partial charge in [0, 0.05) is 36.8 Å². The summed E-state index contributed by atoms with van der Waals surface area (Å²) < 4.78 is 0.